The van der Waals surface area contributed by atoms with Gasteiger partial charge in [0.25, 0.3) is 0 Å². The Morgan fingerprint density at radius 1 is 1.32 bits per heavy atom. The number of allylic oxidation sites excluding steroid dienone is 1. The number of nitrogens with one attached hydrogen (secondary N) is 1. The number of nitriles is 1. The van der Waals surface area contributed by atoms with E-state index in [1.165, 1.54) is 0 Å². The average molecular weight is 463 g/mol. The molecule has 1 aliphatic carbocycles. The number of carbonyl (C=O) groups excluding carboxylic acids is 3. The summed E-state index contributed by atoms with van der Waals surface area (Å²) in [6.07, 6.45) is 1.81. The van der Waals surface area contributed by atoms with E-state index in [4.69, 9.17) is 4.74 Å². The Morgan fingerprint density at radius 2 is 2.00 bits per heavy atom. The van der Waals surface area contributed by atoms with E-state index in [0.29, 0.717) is 10.6 Å². The smallest absolute Gasteiger partial charge is 0.319 e. The van der Waals surface area contributed by atoms with Crippen molar-refractivity contribution in [2.45, 2.75) is 25.7 Å². The number of nitrogens with zero attached hydrogens (tertiary/aromatic N) is 1. The minimum absolute atomic E-state index is 0.104. The number of carbonyl (C=O) groups is 3. The van der Waals surface area contributed by atoms with Crippen LogP contribution in [0.25, 0.3) is 0 Å². The number of Topliss-reactive ketones (excluding diaryl/α,β-unsaturated/α-hetero) is 1. The first kappa shape index (κ1) is 20.6. The third kappa shape index (κ3) is 4.47. The fourth-order valence-corrected chi connectivity index (χ4v) is 4.41. The number of ether oxygens (including phenoxy) is 1. The maximum atomic E-state index is 12.8. The molecule has 1 amide bonds. The highest BCUT2D eigenvalue weighted by molar-refractivity contribution is 9.10. The van der Waals surface area contributed by atoms with Gasteiger partial charge in [-0.3, -0.25) is 14.4 Å². The van der Waals surface area contributed by atoms with Crippen LogP contribution in [-0.2, 0) is 19.1 Å². The summed E-state index contributed by atoms with van der Waals surface area (Å²) < 4.78 is 5.94. The lowest BCUT2D eigenvalue weighted by Crippen LogP contribution is -2.44. The summed E-state index contributed by atoms with van der Waals surface area (Å²) >= 11 is 4.52. The lowest BCUT2D eigenvalue weighted by atomic mass is 9.78. The monoisotopic (exact) mass is 462 g/mol. The summed E-state index contributed by atoms with van der Waals surface area (Å²) in [7, 11) is 0. The van der Waals surface area contributed by atoms with Gasteiger partial charge >= 0.3 is 5.97 Å². The lowest BCUT2D eigenvalue weighted by Gasteiger charge is -2.31. The van der Waals surface area contributed by atoms with Gasteiger partial charge in [-0.1, -0.05) is 39.8 Å². The molecule has 146 valence electrons. The van der Waals surface area contributed by atoms with Gasteiger partial charge in [0.15, 0.2) is 0 Å². The lowest BCUT2D eigenvalue weighted by molar-refractivity contribution is -0.152. The molecular weight excluding hydrogens is 444 g/mol. The van der Waals surface area contributed by atoms with E-state index in [-0.39, 0.29) is 29.6 Å². The molecule has 1 aromatic carbocycles. The van der Waals surface area contributed by atoms with Crippen LogP contribution in [-0.4, -0.2) is 30.0 Å². The first-order chi connectivity index (χ1) is 13.5. The van der Waals surface area contributed by atoms with Gasteiger partial charge in [-0.05, 0) is 37.5 Å². The molecule has 2 atom stereocenters. The Balaban J connectivity index is 1.98. The van der Waals surface area contributed by atoms with Crippen molar-refractivity contribution in [2.24, 2.45) is 11.8 Å². The topological polar surface area (TPSA) is 96.3 Å². The fourth-order valence-electron chi connectivity index (χ4n) is 3.12. The molecule has 1 N–H and O–H groups in total. The second-order valence-electron chi connectivity index (χ2n) is 6.63. The van der Waals surface area contributed by atoms with Gasteiger partial charge in [-0.15, -0.1) is 0 Å². The molecule has 0 saturated heterocycles. The molecule has 3 rings (SSSR count). The van der Waals surface area contributed by atoms with Crippen LogP contribution in [0.3, 0.4) is 0 Å². The molecule has 2 aliphatic rings. The number of benzene rings is 1. The molecular formula is C20H19BrN2O4S. The SMILES string of the molecule is CCOC(=O)C1C(=O)NC(SCC(=O)C2CC2)=C(C#N)[C@H]1c1ccc(Br)cc1. The summed E-state index contributed by atoms with van der Waals surface area (Å²) in [6.45, 7) is 1.80. The largest absolute Gasteiger partial charge is 0.465 e. The second-order valence-corrected chi connectivity index (χ2v) is 8.53. The number of hydrogen-bond acceptors (Lipinski definition) is 6. The van der Waals surface area contributed by atoms with Gasteiger partial charge in [0.2, 0.25) is 5.91 Å². The molecule has 0 radical (unpaired) electrons. The van der Waals surface area contributed by atoms with E-state index in [0.717, 1.165) is 29.1 Å². The molecule has 6 nitrogen and oxygen atoms in total. The molecule has 1 heterocycles. The zero-order chi connectivity index (χ0) is 20.3. The Hall–Kier alpha value is -2.11. The highest BCUT2D eigenvalue weighted by Gasteiger charge is 2.44. The van der Waals surface area contributed by atoms with Gasteiger partial charge in [0.1, 0.15) is 11.7 Å². The molecule has 0 bridgehead atoms. The van der Waals surface area contributed by atoms with Gasteiger partial charge in [0, 0.05) is 16.3 Å². The van der Waals surface area contributed by atoms with Crippen LogP contribution >= 0.6 is 27.7 Å². The number of amides is 1. The molecule has 1 aliphatic heterocycles. The fraction of sp³-hybridized carbons (Fsp3) is 0.400. The van der Waals surface area contributed by atoms with Crippen molar-refractivity contribution < 1.29 is 19.1 Å². The normalized spacial score (nSPS) is 21.7. The van der Waals surface area contributed by atoms with Gasteiger partial charge in [-0.2, -0.15) is 5.26 Å². The molecule has 8 heteroatoms. The predicted octanol–water partition coefficient (Wildman–Crippen LogP) is 3.29. The van der Waals surface area contributed by atoms with Gasteiger partial charge < -0.3 is 10.1 Å². The van der Waals surface area contributed by atoms with E-state index in [2.05, 4.69) is 27.3 Å². The highest BCUT2D eigenvalue weighted by atomic mass is 79.9. The summed E-state index contributed by atoms with van der Waals surface area (Å²) in [5.74, 6) is -2.68. The van der Waals surface area contributed by atoms with Crippen molar-refractivity contribution in [1.29, 1.82) is 5.26 Å². The van der Waals surface area contributed by atoms with Crippen molar-refractivity contribution in [3.05, 3.63) is 44.9 Å². The summed E-state index contributed by atoms with van der Waals surface area (Å²) in [5, 5.41) is 12.8. The number of esters is 1. The second kappa shape index (κ2) is 8.93. The van der Waals surface area contributed by atoms with E-state index < -0.39 is 23.7 Å². The van der Waals surface area contributed by atoms with Crippen molar-refractivity contribution in [1.82, 2.24) is 5.32 Å². The first-order valence-corrected chi connectivity index (χ1v) is 10.8. The zero-order valence-electron chi connectivity index (χ0n) is 15.2. The van der Waals surface area contributed by atoms with Crippen molar-refractivity contribution in [3.8, 4) is 6.07 Å². The van der Waals surface area contributed by atoms with Crippen LogP contribution in [0.2, 0.25) is 0 Å². The molecule has 28 heavy (non-hydrogen) atoms. The minimum atomic E-state index is -1.15. The number of halogens is 1. The maximum absolute atomic E-state index is 12.8. The third-order valence-corrected chi connectivity index (χ3v) is 6.26. The summed E-state index contributed by atoms with van der Waals surface area (Å²) in [5.41, 5.74) is 0.938. The van der Waals surface area contributed by atoms with E-state index in [9.17, 15) is 19.6 Å². The third-order valence-electron chi connectivity index (χ3n) is 4.69. The number of ketones is 1. The molecule has 1 aromatic rings. The Morgan fingerprint density at radius 3 is 2.57 bits per heavy atom. The van der Waals surface area contributed by atoms with Gasteiger partial charge in [0.05, 0.1) is 29.0 Å². The van der Waals surface area contributed by atoms with Crippen molar-refractivity contribution in [2.75, 3.05) is 12.4 Å². The maximum Gasteiger partial charge on any atom is 0.319 e. The summed E-state index contributed by atoms with van der Waals surface area (Å²) in [4.78, 5) is 37.3. The highest BCUT2D eigenvalue weighted by Crippen LogP contribution is 2.41. The van der Waals surface area contributed by atoms with Crippen LogP contribution in [0.1, 0.15) is 31.2 Å². The van der Waals surface area contributed by atoms with E-state index >= 15 is 0 Å². The summed E-state index contributed by atoms with van der Waals surface area (Å²) in [6, 6.07) is 9.28. The molecule has 1 unspecified atom stereocenters. The molecule has 1 fully saturated rings. The van der Waals surface area contributed by atoms with Crippen molar-refractivity contribution >= 4 is 45.4 Å². The minimum Gasteiger partial charge on any atom is -0.465 e. The average Bonchev–Trinajstić information content (AvgIpc) is 3.51. The van der Waals surface area contributed by atoms with Crippen molar-refractivity contribution in [3.63, 3.8) is 0 Å². The van der Waals surface area contributed by atoms with Crippen LogP contribution in [0.5, 0.6) is 0 Å². The van der Waals surface area contributed by atoms with Gasteiger partial charge in [-0.25, -0.2) is 0 Å². The predicted molar refractivity (Wildman–Crippen MR) is 108 cm³/mol. The number of rotatable bonds is 7. The number of thioether (sulfide) groups is 1. The van der Waals surface area contributed by atoms with E-state index in [1.54, 1.807) is 31.2 Å². The van der Waals surface area contributed by atoms with Crippen LogP contribution < -0.4 is 5.32 Å². The zero-order valence-corrected chi connectivity index (χ0v) is 17.6. The number of hydrogen-bond donors (Lipinski definition) is 1. The molecule has 1 saturated carbocycles. The quantitative estimate of drug-likeness (QED) is 0.493. The Labute approximate surface area is 175 Å². The molecule has 0 spiro atoms. The van der Waals surface area contributed by atoms with Crippen LogP contribution in [0.4, 0.5) is 0 Å². The Bertz CT molecular complexity index is 871. The standard InChI is InChI=1S/C20H19BrN2O4S/c1-2-27-20(26)17-16(12-5-7-13(21)8-6-12)14(9-22)19(23-18(17)25)28-10-15(24)11-3-4-11/h5-8,11,16-17H,2-4,10H2,1H3,(H,23,25)/t16-,17?/m1/s1. The van der Waals surface area contributed by atoms with E-state index in [1.807, 2.05) is 0 Å². The first-order valence-electron chi connectivity index (χ1n) is 8.99. The van der Waals surface area contributed by atoms with Crippen LogP contribution in [0.15, 0.2) is 39.3 Å². The molecule has 0 aromatic heterocycles. The van der Waals surface area contributed by atoms with Crippen LogP contribution in [0, 0.1) is 23.2 Å². The Kier molecular flexibility index (Phi) is 6.57.